The van der Waals surface area contributed by atoms with Gasteiger partial charge in [0.15, 0.2) is 5.75 Å². The van der Waals surface area contributed by atoms with Crippen LogP contribution < -0.4 is 9.46 Å². The maximum absolute atomic E-state index is 14.8. The Balaban J connectivity index is 1.76. The second-order valence-electron chi connectivity index (χ2n) is 7.75. The van der Waals surface area contributed by atoms with E-state index in [2.05, 4.69) is 4.72 Å². The fourth-order valence-corrected chi connectivity index (χ4v) is 5.30. The first-order valence-electron chi connectivity index (χ1n) is 10.3. The fourth-order valence-electron chi connectivity index (χ4n) is 3.67. The summed E-state index contributed by atoms with van der Waals surface area (Å²) in [4.78, 5) is 13.9. The minimum Gasteiger partial charge on any atom is -0.494 e. The van der Waals surface area contributed by atoms with Crippen LogP contribution in [0.25, 0.3) is 11.1 Å². The van der Waals surface area contributed by atoms with Crippen molar-refractivity contribution in [3.8, 4) is 16.9 Å². The first-order chi connectivity index (χ1) is 15.7. The van der Waals surface area contributed by atoms with Crippen LogP contribution in [-0.2, 0) is 10.0 Å². The molecule has 0 atom stereocenters. The van der Waals surface area contributed by atoms with Gasteiger partial charge in [-0.15, -0.1) is 0 Å². The Labute approximate surface area is 197 Å². The van der Waals surface area contributed by atoms with Crippen molar-refractivity contribution < 1.29 is 22.3 Å². The monoisotopic (exact) mass is 488 g/mol. The molecule has 1 N–H and O–H groups in total. The largest absolute Gasteiger partial charge is 0.494 e. The molecular formula is C24H22ClFN2O4S. The van der Waals surface area contributed by atoms with Gasteiger partial charge in [-0.1, -0.05) is 41.9 Å². The van der Waals surface area contributed by atoms with Crippen molar-refractivity contribution in [2.24, 2.45) is 0 Å². The summed E-state index contributed by atoms with van der Waals surface area (Å²) in [5, 5.41) is -0.0291. The number of anilines is 1. The van der Waals surface area contributed by atoms with Crippen LogP contribution in [0.15, 0.2) is 59.5 Å². The Morgan fingerprint density at radius 2 is 1.82 bits per heavy atom. The predicted octanol–water partition coefficient (Wildman–Crippen LogP) is 5.11. The number of rotatable bonds is 6. The highest BCUT2D eigenvalue weighted by molar-refractivity contribution is 7.92. The molecule has 0 aliphatic carbocycles. The van der Waals surface area contributed by atoms with Gasteiger partial charge in [0.2, 0.25) is 0 Å². The zero-order valence-electron chi connectivity index (χ0n) is 18.1. The zero-order valence-corrected chi connectivity index (χ0v) is 19.6. The van der Waals surface area contributed by atoms with Crippen molar-refractivity contribution in [2.45, 2.75) is 18.2 Å². The number of carbonyl (C=O) groups is 1. The number of amides is 1. The van der Waals surface area contributed by atoms with E-state index in [1.807, 2.05) is 30.3 Å². The van der Waals surface area contributed by atoms with Crippen LogP contribution >= 0.6 is 11.6 Å². The van der Waals surface area contributed by atoms with Crippen LogP contribution in [0.4, 0.5) is 10.1 Å². The van der Waals surface area contributed by atoms with Gasteiger partial charge in [-0.25, -0.2) is 12.8 Å². The average molecular weight is 489 g/mol. The minimum atomic E-state index is -4.35. The third-order valence-corrected chi connectivity index (χ3v) is 7.19. The highest BCUT2D eigenvalue weighted by Crippen LogP contribution is 2.36. The van der Waals surface area contributed by atoms with E-state index in [1.54, 1.807) is 11.8 Å². The van der Waals surface area contributed by atoms with Crippen LogP contribution in [0.1, 0.15) is 22.3 Å². The number of aryl methyl sites for hydroxylation is 1. The van der Waals surface area contributed by atoms with E-state index in [4.69, 9.17) is 16.3 Å². The Morgan fingerprint density at radius 1 is 1.12 bits per heavy atom. The lowest BCUT2D eigenvalue weighted by Gasteiger charge is -2.31. The molecule has 0 unspecified atom stereocenters. The Morgan fingerprint density at radius 3 is 2.42 bits per heavy atom. The highest BCUT2D eigenvalue weighted by Gasteiger charge is 2.28. The molecule has 6 nitrogen and oxygen atoms in total. The molecular weight excluding hydrogens is 467 g/mol. The topological polar surface area (TPSA) is 75.7 Å². The zero-order chi connectivity index (χ0) is 23.8. The molecule has 0 spiro atoms. The number of halogens is 2. The van der Waals surface area contributed by atoms with E-state index in [0.717, 1.165) is 12.0 Å². The summed E-state index contributed by atoms with van der Waals surface area (Å²) < 4.78 is 48.9. The summed E-state index contributed by atoms with van der Waals surface area (Å²) >= 11 is 6.25. The molecule has 172 valence electrons. The summed E-state index contributed by atoms with van der Waals surface area (Å²) in [6, 6.07) is 14.5. The molecule has 9 heteroatoms. The number of hydrogen-bond acceptors (Lipinski definition) is 4. The fraction of sp³-hybridized carbons (Fsp3) is 0.208. The van der Waals surface area contributed by atoms with Gasteiger partial charge < -0.3 is 9.64 Å². The summed E-state index contributed by atoms with van der Waals surface area (Å²) in [6.07, 6.45) is 0.888. The molecule has 1 saturated heterocycles. The third-order valence-electron chi connectivity index (χ3n) is 5.54. The van der Waals surface area contributed by atoms with Crippen molar-refractivity contribution in [3.05, 3.63) is 76.6 Å². The van der Waals surface area contributed by atoms with Gasteiger partial charge in [-0.05, 0) is 54.3 Å². The van der Waals surface area contributed by atoms with E-state index in [-0.39, 0.29) is 32.8 Å². The van der Waals surface area contributed by atoms with Crippen molar-refractivity contribution in [1.82, 2.24) is 4.90 Å². The first-order valence-corrected chi connectivity index (χ1v) is 12.1. The number of nitrogens with zero attached hydrogens (tertiary/aromatic N) is 1. The number of nitrogens with one attached hydrogen (secondary N) is 1. The number of likely N-dealkylation sites (tertiary alicyclic amines) is 1. The Kier molecular flexibility index (Phi) is 6.32. The molecule has 0 radical (unpaired) electrons. The second kappa shape index (κ2) is 9.03. The normalized spacial score (nSPS) is 13.4. The Bertz CT molecular complexity index is 1330. The SMILES string of the molecule is COc1c(Cl)cc(C(=O)N2CCC2)cc1S(=O)(=O)Nc1cc(-c2ccccc2)c(C)cc1F. The van der Waals surface area contributed by atoms with E-state index < -0.39 is 15.8 Å². The minimum absolute atomic E-state index is 0.0291. The Hall–Kier alpha value is -3.10. The lowest BCUT2D eigenvalue weighted by atomic mass is 10.00. The number of carbonyl (C=O) groups excluding carboxylic acids is 1. The van der Waals surface area contributed by atoms with E-state index in [1.165, 1.54) is 31.4 Å². The van der Waals surface area contributed by atoms with Gasteiger partial charge in [-0.3, -0.25) is 9.52 Å². The molecule has 1 aliphatic rings. The summed E-state index contributed by atoms with van der Waals surface area (Å²) in [5.41, 5.74) is 2.05. The van der Waals surface area contributed by atoms with E-state index >= 15 is 0 Å². The van der Waals surface area contributed by atoms with Crippen LogP contribution in [0.3, 0.4) is 0 Å². The van der Waals surface area contributed by atoms with E-state index in [9.17, 15) is 17.6 Å². The summed E-state index contributed by atoms with van der Waals surface area (Å²) in [7, 11) is -3.08. The van der Waals surface area contributed by atoms with Gasteiger partial charge in [0.1, 0.15) is 10.7 Å². The molecule has 1 heterocycles. The predicted molar refractivity (Wildman–Crippen MR) is 126 cm³/mol. The van der Waals surface area contributed by atoms with Crippen molar-refractivity contribution in [2.75, 3.05) is 24.9 Å². The maximum Gasteiger partial charge on any atom is 0.265 e. The molecule has 1 amide bonds. The number of sulfonamides is 1. The molecule has 0 aromatic heterocycles. The van der Waals surface area contributed by atoms with Crippen molar-refractivity contribution in [1.29, 1.82) is 0 Å². The number of benzene rings is 3. The van der Waals surface area contributed by atoms with Crippen molar-refractivity contribution in [3.63, 3.8) is 0 Å². The second-order valence-corrected chi connectivity index (χ2v) is 9.81. The van der Waals surface area contributed by atoms with Gasteiger partial charge in [0, 0.05) is 18.7 Å². The standard InChI is InChI=1S/C24H22ClFN2O4S/c1-15-11-20(26)21(14-18(15)16-7-4-3-5-8-16)27-33(30,31)22-13-17(12-19(25)23(22)32-2)24(29)28-9-6-10-28/h3-5,7-8,11-14,27H,6,9-10H2,1-2H3. The quantitative estimate of drug-likeness (QED) is 0.523. The van der Waals surface area contributed by atoms with Crippen molar-refractivity contribution >= 4 is 33.2 Å². The third kappa shape index (κ3) is 4.54. The average Bonchev–Trinajstić information content (AvgIpc) is 2.74. The number of methoxy groups -OCH3 is 1. The lowest BCUT2D eigenvalue weighted by molar-refractivity contribution is 0.0651. The molecule has 3 aromatic rings. The van der Waals surface area contributed by atoms with Gasteiger partial charge >= 0.3 is 0 Å². The number of ether oxygens (including phenoxy) is 1. The molecule has 1 fully saturated rings. The lowest BCUT2D eigenvalue weighted by Crippen LogP contribution is -2.42. The van der Waals surface area contributed by atoms with Gasteiger partial charge in [0.05, 0.1) is 17.8 Å². The summed E-state index contributed by atoms with van der Waals surface area (Å²) in [5.74, 6) is -1.18. The molecule has 3 aromatic carbocycles. The van der Waals surface area contributed by atoms with E-state index in [0.29, 0.717) is 24.2 Å². The van der Waals surface area contributed by atoms with Crippen LogP contribution in [0, 0.1) is 12.7 Å². The molecule has 4 rings (SSSR count). The van der Waals surface area contributed by atoms with Crippen LogP contribution in [0.5, 0.6) is 5.75 Å². The highest BCUT2D eigenvalue weighted by atomic mass is 35.5. The number of hydrogen-bond donors (Lipinski definition) is 1. The first kappa shape index (κ1) is 23.1. The smallest absolute Gasteiger partial charge is 0.265 e. The summed E-state index contributed by atoms with van der Waals surface area (Å²) in [6.45, 7) is 2.94. The van der Waals surface area contributed by atoms with Gasteiger partial charge in [0.25, 0.3) is 15.9 Å². The molecule has 0 bridgehead atoms. The van der Waals surface area contributed by atoms with Crippen LogP contribution in [0.2, 0.25) is 5.02 Å². The maximum atomic E-state index is 14.8. The molecule has 0 saturated carbocycles. The molecule has 1 aliphatic heterocycles. The molecule has 33 heavy (non-hydrogen) atoms. The van der Waals surface area contributed by atoms with Gasteiger partial charge in [-0.2, -0.15) is 0 Å². The van der Waals surface area contributed by atoms with Crippen LogP contribution in [-0.4, -0.2) is 39.4 Å².